The Bertz CT molecular complexity index is 2950. The van der Waals surface area contributed by atoms with Gasteiger partial charge in [-0.05, 0) is 169 Å². The molecular formula is C65H92N6O11S2. The summed E-state index contributed by atoms with van der Waals surface area (Å²) in [4.78, 5) is 116. The number of carbonyl (C=O) groups excluding carboxylic acids is 6. The number of rotatable bonds is 26. The molecule has 10 atom stereocenters. The van der Waals surface area contributed by atoms with E-state index in [4.69, 9.17) is 4.74 Å². The van der Waals surface area contributed by atoms with Gasteiger partial charge in [0, 0.05) is 92.0 Å². The van der Waals surface area contributed by atoms with Gasteiger partial charge in [-0.2, -0.15) is 0 Å². The number of unbranched alkanes of at least 4 members (excludes halogenated alkanes) is 3. The molecule has 5 aliphatic carbocycles. The van der Waals surface area contributed by atoms with Gasteiger partial charge < -0.3 is 35.4 Å². The molecule has 4 N–H and O–H groups in total. The van der Waals surface area contributed by atoms with E-state index in [1.807, 2.05) is 0 Å². The Morgan fingerprint density at radius 2 is 1.56 bits per heavy atom. The van der Waals surface area contributed by atoms with Gasteiger partial charge in [0.2, 0.25) is 17.7 Å². The number of fused-ring (bicyclic) bond motifs is 6. The van der Waals surface area contributed by atoms with Crippen molar-refractivity contribution in [1.29, 1.82) is 0 Å². The molecule has 6 aliphatic rings. The average Bonchev–Trinajstić information content (AvgIpc) is 1.52. The second kappa shape index (κ2) is 27.5. The number of Topliss-reactive ketones (excluding diaryl/α,β-unsaturated/α-hetero) is 2. The number of benzene rings is 1. The third-order valence-electron chi connectivity index (χ3n) is 20.9. The molecule has 84 heavy (non-hydrogen) atoms. The molecule has 0 saturated heterocycles. The summed E-state index contributed by atoms with van der Waals surface area (Å²) in [5.41, 5.74) is 1.97. The van der Waals surface area contributed by atoms with Crippen LogP contribution in [0.1, 0.15) is 189 Å². The van der Waals surface area contributed by atoms with E-state index in [0.717, 1.165) is 34.8 Å². The first kappa shape index (κ1) is 64.6. The Balaban J connectivity index is 0.766. The molecule has 2 unspecified atom stereocenters. The number of amides is 4. The Morgan fingerprint density at radius 1 is 0.810 bits per heavy atom. The smallest absolute Gasteiger partial charge is 0.415 e. The van der Waals surface area contributed by atoms with Gasteiger partial charge in [-0.3, -0.25) is 29.0 Å². The number of hydrogen-bond acceptors (Lipinski definition) is 13. The maximum absolute atomic E-state index is 13.9. The van der Waals surface area contributed by atoms with Crippen LogP contribution >= 0.6 is 23.1 Å². The predicted molar refractivity (Wildman–Crippen MR) is 328 cm³/mol. The molecule has 0 radical (unpaired) electrons. The van der Waals surface area contributed by atoms with Crippen LogP contribution in [0.25, 0.3) is 10.2 Å². The number of nitrogens with one attached hydrogen (secondary N) is 2. The number of thiazole rings is 1. The average molecular weight is 1200 g/mol. The molecule has 19 heteroatoms. The second-order valence-electron chi connectivity index (χ2n) is 26.6. The number of thioether (sulfide) groups is 1. The number of ketones is 2. The van der Waals surface area contributed by atoms with Crippen LogP contribution < -0.4 is 15.4 Å². The Hall–Kier alpha value is -5.43. The van der Waals surface area contributed by atoms with Crippen LogP contribution in [0, 0.1) is 51.8 Å². The van der Waals surface area contributed by atoms with Crippen molar-refractivity contribution < 1.29 is 53.3 Å². The summed E-state index contributed by atoms with van der Waals surface area (Å²) in [5, 5.41) is 26.3. The minimum atomic E-state index is -1.05. The SMILES string of the molecule is CC1=C(C)C(=O)C(C(C)(C)CC(=O)N(C)CCN(CCCCCC(=O)NCCCCC(NC(=O)CC[C@@H](C)[C@H]2CC[C@H]3[C@@H]4CC[C@@H]5CCCC[C@]5(C)[C@H]4CC[C@]23C)C(=O)O)C(=O)Oc2ccc3nc(C4=NC(C(=O)O)CS4)sc3c2)=C(C)C1=O. The lowest BCUT2D eigenvalue weighted by Gasteiger charge is -2.61. The number of carboxylic acids is 2. The van der Waals surface area contributed by atoms with Gasteiger partial charge in [0.25, 0.3) is 0 Å². The maximum atomic E-state index is 13.9. The predicted octanol–water partition coefficient (Wildman–Crippen LogP) is 11.6. The molecule has 460 valence electrons. The van der Waals surface area contributed by atoms with Crippen molar-refractivity contribution in [2.45, 2.75) is 196 Å². The monoisotopic (exact) mass is 1200 g/mol. The zero-order valence-electron chi connectivity index (χ0n) is 51.2. The van der Waals surface area contributed by atoms with Crippen LogP contribution in [0.4, 0.5) is 4.79 Å². The second-order valence-corrected chi connectivity index (χ2v) is 28.7. The highest BCUT2D eigenvalue weighted by molar-refractivity contribution is 8.15. The molecule has 8 rings (SSSR count). The Morgan fingerprint density at radius 3 is 2.30 bits per heavy atom. The Labute approximate surface area is 504 Å². The van der Waals surface area contributed by atoms with Crippen molar-refractivity contribution in [2.75, 3.05) is 39.0 Å². The van der Waals surface area contributed by atoms with E-state index in [1.165, 1.54) is 97.1 Å². The standard InChI is InChI=1S/C65H92N6O11S2/c1-38(45-24-25-46-44-23-21-42-17-12-14-29-64(42,7)47(44)28-30-65(45,46)8)20-27-53(73)67-49(60(77)78)18-13-15-31-66-52(72)19-11-10-16-32-71(34-33-70(9)54(74)36-63(5,6)55-41(4)56(75)39(2)40(3)57(55)76)62(81)82-43-22-26-48-51(35-43)84-59(68-48)58-69-50(37-83-58)61(79)80/h22,26,35,38,42,44-47,49-50H,10-21,23-25,27-34,36-37H2,1-9H3,(H,66,72)(H,67,73)(H,77,78)(H,79,80)/t38-,42+,44+,45-,46+,47+,49?,50?,64+,65-/m1/s1. The fraction of sp³-hybridized carbons (Fsp3) is 0.692. The van der Waals surface area contributed by atoms with Crippen molar-refractivity contribution in [2.24, 2.45) is 56.7 Å². The fourth-order valence-corrected chi connectivity index (χ4v) is 18.0. The normalized spacial score (nSPS) is 26.7. The summed E-state index contributed by atoms with van der Waals surface area (Å²) in [6.45, 7) is 16.9. The zero-order chi connectivity index (χ0) is 60.8. The molecule has 0 spiro atoms. The third-order valence-corrected chi connectivity index (χ3v) is 23.1. The first-order valence-corrected chi connectivity index (χ1v) is 32.9. The van der Waals surface area contributed by atoms with Gasteiger partial charge in [-0.15, -0.1) is 23.1 Å². The van der Waals surface area contributed by atoms with Crippen LogP contribution in [0.3, 0.4) is 0 Å². The van der Waals surface area contributed by atoms with Gasteiger partial charge in [-0.1, -0.05) is 53.9 Å². The van der Waals surface area contributed by atoms with E-state index >= 15 is 0 Å². The van der Waals surface area contributed by atoms with E-state index in [1.54, 1.807) is 59.9 Å². The zero-order valence-corrected chi connectivity index (χ0v) is 52.8. The molecule has 4 amide bonds. The highest BCUT2D eigenvalue weighted by Gasteiger charge is 2.60. The van der Waals surface area contributed by atoms with Crippen molar-refractivity contribution in [3.05, 3.63) is 45.5 Å². The van der Waals surface area contributed by atoms with Crippen molar-refractivity contribution >= 4 is 85.7 Å². The molecule has 1 aromatic heterocycles. The number of aromatic nitrogens is 1. The van der Waals surface area contributed by atoms with Gasteiger partial charge in [0.1, 0.15) is 21.8 Å². The minimum Gasteiger partial charge on any atom is -0.480 e. The van der Waals surface area contributed by atoms with Gasteiger partial charge in [0.15, 0.2) is 17.6 Å². The number of allylic oxidation sites excluding steroid dienone is 4. The lowest BCUT2D eigenvalue weighted by Crippen LogP contribution is -2.53. The van der Waals surface area contributed by atoms with E-state index < -0.39 is 35.5 Å². The number of ether oxygens (including phenoxy) is 1. The first-order chi connectivity index (χ1) is 39.8. The van der Waals surface area contributed by atoms with Gasteiger partial charge >= 0.3 is 18.0 Å². The van der Waals surface area contributed by atoms with Crippen molar-refractivity contribution in [3.8, 4) is 5.75 Å². The number of nitrogens with zero attached hydrogens (tertiary/aromatic N) is 4. The summed E-state index contributed by atoms with van der Waals surface area (Å²) in [7, 11) is 1.63. The number of aliphatic imine (C=N–C) groups is 1. The quantitative estimate of drug-likeness (QED) is 0.0507. The lowest BCUT2D eigenvalue weighted by atomic mass is 9.44. The molecule has 1 aliphatic heterocycles. The lowest BCUT2D eigenvalue weighted by molar-refractivity contribution is -0.142. The van der Waals surface area contributed by atoms with Crippen LogP contribution in [0.15, 0.2) is 45.5 Å². The van der Waals surface area contributed by atoms with E-state index in [2.05, 4.69) is 41.4 Å². The molecule has 2 heterocycles. The molecule has 17 nitrogen and oxygen atoms in total. The van der Waals surface area contributed by atoms with Crippen LogP contribution in [0.2, 0.25) is 0 Å². The molecule has 1 aromatic carbocycles. The first-order valence-electron chi connectivity index (χ1n) is 31.1. The maximum Gasteiger partial charge on any atom is 0.415 e. The van der Waals surface area contributed by atoms with Crippen LogP contribution in [-0.2, 0) is 33.6 Å². The van der Waals surface area contributed by atoms with Crippen molar-refractivity contribution in [1.82, 2.24) is 25.4 Å². The Kier molecular flexibility index (Phi) is 21.1. The van der Waals surface area contributed by atoms with E-state index in [9.17, 15) is 48.6 Å². The number of carboxylic acid groups (broad SMARTS) is 2. The molecule has 4 saturated carbocycles. The topological polar surface area (TPSA) is 242 Å². The van der Waals surface area contributed by atoms with Crippen LogP contribution in [-0.4, -0.2) is 128 Å². The molecule has 4 fully saturated rings. The number of likely N-dealkylation sites (N-methyl/N-ethyl adjacent to an activating group) is 1. The molecular weight excluding hydrogens is 1100 g/mol. The minimum absolute atomic E-state index is 0.0478. The molecule has 2 aromatic rings. The molecule has 0 bridgehead atoms. The summed E-state index contributed by atoms with van der Waals surface area (Å²) < 4.78 is 6.63. The number of carbonyl (C=O) groups is 8. The highest BCUT2D eigenvalue weighted by atomic mass is 32.2. The fourth-order valence-electron chi connectivity index (χ4n) is 16.0. The largest absolute Gasteiger partial charge is 0.480 e. The van der Waals surface area contributed by atoms with Crippen LogP contribution in [0.5, 0.6) is 5.75 Å². The highest BCUT2D eigenvalue weighted by Crippen LogP contribution is 2.68. The van der Waals surface area contributed by atoms with Gasteiger partial charge in [0.05, 0.1) is 10.2 Å². The van der Waals surface area contributed by atoms with Crippen molar-refractivity contribution in [3.63, 3.8) is 0 Å². The van der Waals surface area contributed by atoms with E-state index in [-0.39, 0.29) is 73.9 Å². The summed E-state index contributed by atoms with van der Waals surface area (Å²) in [5.74, 6) is 1.84. The number of aliphatic carboxylic acids is 2. The summed E-state index contributed by atoms with van der Waals surface area (Å²) in [6, 6.07) is 3.22. The summed E-state index contributed by atoms with van der Waals surface area (Å²) in [6.07, 6.45) is 17.2. The number of hydrogen-bond donors (Lipinski definition) is 4. The summed E-state index contributed by atoms with van der Waals surface area (Å²) >= 11 is 2.65. The third kappa shape index (κ3) is 14.5. The van der Waals surface area contributed by atoms with Gasteiger partial charge in [-0.25, -0.2) is 19.4 Å². The van der Waals surface area contributed by atoms with E-state index in [0.29, 0.717) is 111 Å².